The van der Waals surface area contributed by atoms with Crippen molar-refractivity contribution in [2.75, 3.05) is 51.3 Å². The lowest BCUT2D eigenvalue weighted by Crippen LogP contribution is -2.50. The van der Waals surface area contributed by atoms with Gasteiger partial charge >= 0.3 is 5.97 Å². The second-order valence-corrected chi connectivity index (χ2v) is 8.46. The zero-order chi connectivity index (χ0) is 23.4. The number of benzene rings is 1. The summed E-state index contributed by atoms with van der Waals surface area (Å²) in [6.45, 7) is 2.10. The summed E-state index contributed by atoms with van der Waals surface area (Å²) in [5, 5.41) is 0. The van der Waals surface area contributed by atoms with Crippen molar-refractivity contribution >= 4 is 29.4 Å². The van der Waals surface area contributed by atoms with Gasteiger partial charge in [-0.2, -0.15) is 0 Å². The van der Waals surface area contributed by atoms with Gasteiger partial charge < -0.3 is 19.3 Å². The summed E-state index contributed by atoms with van der Waals surface area (Å²) in [4.78, 5) is 54.5. The molecule has 1 aromatic rings. The smallest absolute Gasteiger partial charge is 0.308 e. The molecule has 0 bridgehead atoms. The lowest BCUT2D eigenvalue weighted by Gasteiger charge is -2.36. The van der Waals surface area contributed by atoms with E-state index in [1.807, 2.05) is 36.4 Å². The van der Waals surface area contributed by atoms with E-state index in [4.69, 9.17) is 9.47 Å². The molecule has 1 aliphatic carbocycles. The highest BCUT2D eigenvalue weighted by Crippen LogP contribution is 2.35. The van der Waals surface area contributed by atoms with Crippen LogP contribution in [-0.4, -0.2) is 79.9 Å². The molecule has 2 heterocycles. The van der Waals surface area contributed by atoms with Crippen LogP contribution in [0.4, 0.5) is 5.69 Å². The molecule has 0 aromatic heterocycles. The number of nitrogens with zero attached hydrogens (tertiary/aromatic N) is 3. The van der Waals surface area contributed by atoms with Crippen molar-refractivity contribution in [2.45, 2.75) is 19.3 Å². The molecule has 3 amide bonds. The molecule has 0 spiro atoms. The van der Waals surface area contributed by atoms with Crippen LogP contribution in [-0.2, 0) is 23.9 Å². The van der Waals surface area contributed by atoms with Crippen molar-refractivity contribution in [1.29, 1.82) is 0 Å². The Morgan fingerprint density at radius 2 is 1.55 bits per heavy atom. The second-order valence-electron chi connectivity index (χ2n) is 8.46. The average Bonchev–Trinajstić information content (AvgIpc) is 3.11. The molecule has 9 nitrogen and oxygen atoms in total. The number of methoxy groups -OCH3 is 1. The van der Waals surface area contributed by atoms with Crippen molar-refractivity contribution in [3.63, 3.8) is 0 Å². The SMILES string of the molecule is COc1ccc(N2CCN(C(=O)COC(=O)CCN3C(=O)[C@H]4CC=CC[C@@H]4C3=O)CC2)cc1. The van der Waals surface area contributed by atoms with Crippen LogP contribution >= 0.6 is 0 Å². The van der Waals surface area contributed by atoms with Gasteiger partial charge in [0.25, 0.3) is 5.91 Å². The summed E-state index contributed by atoms with van der Waals surface area (Å²) >= 11 is 0. The minimum Gasteiger partial charge on any atom is -0.497 e. The molecule has 2 atom stereocenters. The van der Waals surface area contributed by atoms with Crippen LogP contribution in [0.2, 0.25) is 0 Å². The first-order valence-electron chi connectivity index (χ1n) is 11.3. The lowest BCUT2D eigenvalue weighted by atomic mass is 9.85. The van der Waals surface area contributed by atoms with Crippen LogP contribution in [0.1, 0.15) is 19.3 Å². The number of hydrogen-bond acceptors (Lipinski definition) is 7. The van der Waals surface area contributed by atoms with Crippen molar-refractivity contribution in [1.82, 2.24) is 9.80 Å². The number of ether oxygens (including phenoxy) is 2. The number of amides is 3. The number of likely N-dealkylation sites (tertiary alicyclic amines) is 1. The predicted molar refractivity (Wildman–Crippen MR) is 119 cm³/mol. The number of carbonyl (C=O) groups is 4. The van der Waals surface area contributed by atoms with Crippen LogP contribution in [0, 0.1) is 11.8 Å². The summed E-state index contributed by atoms with van der Waals surface area (Å²) in [6, 6.07) is 7.78. The number of piperazine rings is 1. The van der Waals surface area contributed by atoms with E-state index in [1.54, 1.807) is 12.0 Å². The summed E-state index contributed by atoms with van der Waals surface area (Å²) in [7, 11) is 1.63. The zero-order valence-corrected chi connectivity index (χ0v) is 18.8. The topological polar surface area (TPSA) is 96.5 Å². The van der Waals surface area contributed by atoms with Gasteiger partial charge in [0.15, 0.2) is 6.61 Å². The molecule has 0 radical (unpaired) electrons. The highest BCUT2D eigenvalue weighted by molar-refractivity contribution is 6.05. The van der Waals surface area contributed by atoms with E-state index in [-0.39, 0.29) is 49.1 Å². The van der Waals surface area contributed by atoms with E-state index in [0.717, 1.165) is 11.4 Å². The van der Waals surface area contributed by atoms with Crippen molar-refractivity contribution < 1.29 is 28.7 Å². The molecule has 2 fully saturated rings. The molecule has 9 heteroatoms. The van der Waals surface area contributed by atoms with Gasteiger partial charge in [-0.25, -0.2) is 0 Å². The Morgan fingerprint density at radius 1 is 0.939 bits per heavy atom. The zero-order valence-electron chi connectivity index (χ0n) is 18.8. The monoisotopic (exact) mass is 455 g/mol. The summed E-state index contributed by atoms with van der Waals surface area (Å²) < 4.78 is 10.3. The fourth-order valence-corrected chi connectivity index (χ4v) is 4.61. The number of fused-ring (bicyclic) bond motifs is 1. The van der Waals surface area contributed by atoms with Crippen LogP contribution in [0.15, 0.2) is 36.4 Å². The van der Waals surface area contributed by atoms with Gasteiger partial charge in [0.05, 0.1) is 25.4 Å². The minimum absolute atomic E-state index is 0.00176. The van der Waals surface area contributed by atoms with Crippen molar-refractivity contribution in [2.24, 2.45) is 11.8 Å². The first-order valence-corrected chi connectivity index (χ1v) is 11.3. The third-order valence-corrected chi connectivity index (χ3v) is 6.56. The number of allylic oxidation sites excluding steroid dienone is 2. The molecule has 0 unspecified atom stereocenters. The third kappa shape index (κ3) is 5.02. The fourth-order valence-electron chi connectivity index (χ4n) is 4.61. The molecule has 2 saturated heterocycles. The maximum absolute atomic E-state index is 12.5. The van der Waals surface area contributed by atoms with Gasteiger partial charge in [-0.3, -0.25) is 24.1 Å². The van der Waals surface area contributed by atoms with Gasteiger partial charge in [0.2, 0.25) is 11.8 Å². The Kier molecular flexibility index (Phi) is 6.96. The molecule has 3 aliphatic rings. The Bertz CT molecular complexity index is 910. The summed E-state index contributed by atoms with van der Waals surface area (Å²) in [5.74, 6) is -1.09. The van der Waals surface area contributed by atoms with E-state index in [2.05, 4.69) is 4.90 Å². The molecular weight excluding hydrogens is 426 g/mol. The van der Waals surface area contributed by atoms with E-state index in [0.29, 0.717) is 39.0 Å². The van der Waals surface area contributed by atoms with Crippen LogP contribution in [0.3, 0.4) is 0 Å². The van der Waals surface area contributed by atoms with E-state index >= 15 is 0 Å². The molecule has 1 aromatic carbocycles. The summed E-state index contributed by atoms with van der Waals surface area (Å²) in [6.07, 6.45) is 4.87. The maximum atomic E-state index is 12.5. The maximum Gasteiger partial charge on any atom is 0.308 e. The Hall–Kier alpha value is -3.36. The second kappa shape index (κ2) is 10.1. The van der Waals surface area contributed by atoms with Gasteiger partial charge in [0.1, 0.15) is 5.75 Å². The number of imide groups is 1. The first kappa shape index (κ1) is 22.8. The van der Waals surface area contributed by atoms with Crippen LogP contribution in [0.5, 0.6) is 5.75 Å². The van der Waals surface area contributed by atoms with E-state index < -0.39 is 5.97 Å². The van der Waals surface area contributed by atoms with Gasteiger partial charge in [-0.15, -0.1) is 0 Å². The Morgan fingerprint density at radius 3 is 2.12 bits per heavy atom. The van der Waals surface area contributed by atoms with Crippen molar-refractivity contribution in [3.05, 3.63) is 36.4 Å². The van der Waals surface area contributed by atoms with E-state index in [9.17, 15) is 19.2 Å². The van der Waals surface area contributed by atoms with Crippen LogP contribution < -0.4 is 9.64 Å². The van der Waals surface area contributed by atoms with Crippen LogP contribution in [0.25, 0.3) is 0 Å². The summed E-state index contributed by atoms with van der Waals surface area (Å²) in [5.41, 5.74) is 1.07. The lowest BCUT2D eigenvalue weighted by molar-refractivity contribution is -0.153. The average molecular weight is 456 g/mol. The Labute approximate surface area is 192 Å². The highest BCUT2D eigenvalue weighted by Gasteiger charge is 2.47. The predicted octanol–water partition coefficient (Wildman–Crippen LogP) is 1.23. The molecule has 33 heavy (non-hydrogen) atoms. The van der Waals surface area contributed by atoms with E-state index in [1.165, 1.54) is 4.90 Å². The quantitative estimate of drug-likeness (QED) is 0.347. The molecule has 2 aliphatic heterocycles. The van der Waals surface area contributed by atoms with Gasteiger partial charge in [-0.1, -0.05) is 12.2 Å². The molecule has 176 valence electrons. The third-order valence-electron chi connectivity index (χ3n) is 6.56. The Balaban J connectivity index is 1.17. The number of hydrogen-bond donors (Lipinski definition) is 0. The standard InChI is InChI=1S/C24H29N3O6/c1-32-18-8-6-17(7-9-18)25-12-14-26(15-13-25)21(28)16-33-22(29)10-11-27-23(30)19-4-2-3-5-20(19)24(27)31/h2-3,6-9,19-20H,4-5,10-16H2,1H3/t19-,20-/m0/s1. The molecule has 0 saturated carbocycles. The number of esters is 1. The minimum atomic E-state index is -0.589. The molecular formula is C24H29N3O6. The first-order chi connectivity index (χ1) is 16.0. The number of anilines is 1. The van der Waals surface area contributed by atoms with Gasteiger partial charge in [-0.05, 0) is 37.1 Å². The number of carbonyl (C=O) groups excluding carboxylic acids is 4. The number of rotatable bonds is 7. The van der Waals surface area contributed by atoms with Gasteiger partial charge in [0, 0.05) is 38.4 Å². The molecule has 4 rings (SSSR count). The highest BCUT2D eigenvalue weighted by atomic mass is 16.5. The fraction of sp³-hybridized carbons (Fsp3) is 0.500. The molecule has 0 N–H and O–H groups in total. The van der Waals surface area contributed by atoms with Crippen molar-refractivity contribution in [3.8, 4) is 5.75 Å². The normalized spacial score (nSPS) is 22.4. The largest absolute Gasteiger partial charge is 0.497 e.